The van der Waals surface area contributed by atoms with Crippen LogP contribution in [0.4, 0.5) is 0 Å². The average molecular weight is 343 g/mol. The van der Waals surface area contributed by atoms with E-state index in [-0.39, 0.29) is 5.43 Å². The lowest BCUT2D eigenvalue weighted by atomic mass is 10.1. The zero-order valence-electron chi connectivity index (χ0n) is 13.0. The highest BCUT2D eigenvalue weighted by molar-refractivity contribution is 6.31. The number of rotatable bonds is 5. The molecular formula is C19H15ClO4. The normalized spacial score (nSPS) is 10.6. The van der Waals surface area contributed by atoms with E-state index in [1.807, 2.05) is 0 Å². The average Bonchev–Trinajstić information content (AvgIpc) is 2.60. The standard InChI is InChI=1S/C19H15ClO4/c1-3-8-23-19-9-12(4-6-17(19)22-2)18-11-15(21)14-10-13(20)5-7-16(14)24-18/h3-7,9-11H,1,8H2,2H3. The molecule has 0 spiro atoms. The number of hydrogen-bond donors (Lipinski definition) is 0. The molecule has 2 aromatic carbocycles. The summed E-state index contributed by atoms with van der Waals surface area (Å²) in [6.45, 7) is 3.98. The molecule has 0 saturated carbocycles. The molecule has 0 aliphatic rings. The summed E-state index contributed by atoms with van der Waals surface area (Å²) in [5.41, 5.74) is 1.04. The lowest BCUT2D eigenvalue weighted by Crippen LogP contribution is -2.01. The van der Waals surface area contributed by atoms with Gasteiger partial charge >= 0.3 is 0 Å². The van der Waals surface area contributed by atoms with Crippen molar-refractivity contribution in [3.8, 4) is 22.8 Å². The fraction of sp³-hybridized carbons (Fsp3) is 0.105. The van der Waals surface area contributed by atoms with Crippen molar-refractivity contribution in [3.05, 3.63) is 70.4 Å². The van der Waals surface area contributed by atoms with Crippen LogP contribution in [0, 0.1) is 0 Å². The van der Waals surface area contributed by atoms with Crippen molar-refractivity contribution >= 4 is 22.6 Å². The molecule has 0 saturated heterocycles. The quantitative estimate of drug-likeness (QED) is 0.631. The van der Waals surface area contributed by atoms with Gasteiger partial charge in [0.25, 0.3) is 0 Å². The van der Waals surface area contributed by atoms with E-state index in [9.17, 15) is 4.79 Å². The van der Waals surface area contributed by atoms with Crippen molar-refractivity contribution in [2.75, 3.05) is 13.7 Å². The Morgan fingerprint density at radius 1 is 1.17 bits per heavy atom. The van der Waals surface area contributed by atoms with Crippen molar-refractivity contribution in [1.82, 2.24) is 0 Å². The van der Waals surface area contributed by atoms with Crippen LogP contribution in [-0.2, 0) is 0 Å². The second-order valence-electron chi connectivity index (χ2n) is 5.08. The van der Waals surface area contributed by atoms with Gasteiger partial charge in [0.2, 0.25) is 0 Å². The third kappa shape index (κ3) is 3.14. The highest BCUT2D eigenvalue weighted by Gasteiger charge is 2.11. The summed E-state index contributed by atoms with van der Waals surface area (Å²) >= 11 is 5.93. The molecule has 0 aliphatic carbocycles. The van der Waals surface area contributed by atoms with E-state index in [4.69, 9.17) is 25.5 Å². The van der Waals surface area contributed by atoms with Gasteiger partial charge in [-0.25, -0.2) is 0 Å². The van der Waals surface area contributed by atoms with Gasteiger partial charge in [-0.2, -0.15) is 0 Å². The van der Waals surface area contributed by atoms with Crippen molar-refractivity contribution in [3.63, 3.8) is 0 Å². The van der Waals surface area contributed by atoms with Crippen LogP contribution < -0.4 is 14.9 Å². The summed E-state index contributed by atoms with van der Waals surface area (Å²) in [7, 11) is 1.57. The van der Waals surface area contributed by atoms with Gasteiger partial charge in [-0.3, -0.25) is 4.79 Å². The Morgan fingerprint density at radius 2 is 2.00 bits per heavy atom. The minimum Gasteiger partial charge on any atom is -0.493 e. The Bertz CT molecular complexity index is 959. The minimum absolute atomic E-state index is 0.155. The SMILES string of the molecule is C=CCOc1cc(-c2cc(=O)c3cc(Cl)ccc3o2)ccc1OC. The first-order chi connectivity index (χ1) is 11.6. The highest BCUT2D eigenvalue weighted by atomic mass is 35.5. The Labute approximate surface area is 143 Å². The van der Waals surface area contributed by atoms with Crippen LogP contribution in [0.1, 0.15) is 0 Å². The number of benzene rings is 2. The zero-order valence-corrected chi connectivity index (χ0v) is 13.8. The summed E-state index contributed by atoms with van der Waals surface area (Å²) in [5.74, 6) is 1.59. The van der Waals surface area contributed by atoms with E-state index in [0.29, 0.717) is 45.4 Å². The maximum Gasteiger partial charge on any atom is 0.193 e. The Kier molecular flexibility index (Phi) is 4.58. The largest absolute Gasteiger partial charge is 0.493 e. The topological polar surface area (TPSA) is 48.7 Å². The third-order valence-corrected chi connectivity index (χ3v) is 3.73. The maximum atomic E-state index is 12.3. The number of fused-ring (bicyclic) bond motifs is 1. The fourth-order valence-corrected chi connectivity index (χ4v) is 2.53. The summed E-state index contributed by atoms with van der Waals surface area (Å²) in [6, 6.07) is 11.7. The van der Waals surface area contributed by atoms with Crippen molar-refractivity contribution < 1.29 is 13.9 Å². The van der Waals surface area contributed by atoms with Crippen LogP contribution in [0.15, 0.2) is 64.3 Å². The van der Waals surface area contributed by atoms with Crippen LogP contribution in [0.3, 0.4) is 0 Å². The molecule has 4 nitrogen and oxygen atoms in total. The van der Waals surface area contributed by atoms with Gasteiger partial charge < -0.3 is 13.9 Å². The van der Waals surface area contributed by atoms with E-state index in [1.54, 1.807) is 49.6 Å². The third-order valence-electron chi connectivity index (χ3n) is 3.49. The Hall–Kier alpha value is -2.72. The molecule has 122 valence electrons. The zero-order chi connectivity index (χ0) is 17.1. The highest BCUT2D eigenvalue weighted by Crippen LogP contribution is 2.33. The van der Waals surface area contributed by atoms with Gasteiger partial charge in [0.15, 0.2) is 16.9 Å². The van der Waals surface area contributed by atoms with Gasteiger partial charge in [-0.05, 0) is 36.4 Å². The molecule has 24 heavy (non-hydrogen) atoms. The molecule has 1 heterocycles. The van der Waals surface area contributed by atoms with Crippen LogP contribution in [-0.4, -0.2) is 13.7 Å². The fourth-order valence-electron chi connectivity index (χ4n) is 2.36. The van der Waals surface area contributed by atoms with Crippen molar-refractivity contribution in [2.24, 2.45) is 0 Å². The first kappa shape index (κ1) is 16.1. The van der Waals surface area contributed by atoms with Crippen molar-refractivity contribution in [1.29, 1.82) is 0 Å². The van der Waals surface area contributed by atoms with Crippen LogP contribution in [0.5, 0.6) is 11.5 Å². The molecule has 0 radical (unpaired) electrons. The Balaban J connectivity index is 2.11. The number of hydrogen-bond acceptors (Lipinski definition) is 4. The molecule has 3 rings (SSSR count). The number of halogens is 1. The van der Waals surface area contributed by atoms with E-state index in [0.717, 1.165) is 0 Å². The maximum absolute atomic E-state index is 12.3. The second kappa shape index (κ2) is 6.81. The molecule has 0 amide bonds. The molecule has 5 heteroatoms. The molecular weight excluding hydrogens is 328 g/mol. The van der Waals surface area contributed by atoms with Gasteiger partial charge in [0.05, 0.1) is 12.5 Å². The van der Waals surface area contributed by atoms with E-state index < -0.39 is 0 Å². The van der Waals surface area contributed by atoms with E-state index in [1.165, 1.54) is 6.07 Å². The molecule has 0 aliphatic heterocycles. The molecule has 0 N–H and O–H groups in total. The van der Waals surface area contributed by atoms with Crippen molar-refractivity contribution in [2.45, 2.75) is 0 Å². The minimum atomic E-state index is -0.155. The first-order valence-corrected chi connectivity index (χ1v) is 7.65. The smallest absolute Gasteiger partial charge is 0.193 e. The summed E-state index contributed by atoms with van der Waals surface area (Å²) in [4.78, 5) is 12.3. The van der Waals surface area contributed by atoms with Crippen LogP contribution >= 0.6 is 11.6 Å². The van der Waals surface area contributed by atoms with E-state index >= 15 is 0 Å². The van der Waals surface area contributed by atoms with Gasteiger partial charge in [-0.1, -0.05) is 24.3 Å². The summed E-state index contributed by atoms with van der Waals surface area (Å²) in [6.07, 6.45) is 1.64. The van der Waals surface area contributed by atoms with Gasteiger partial charge in [-0.15, -0.1) is 0 Å². The van der Waals surface area contributed by atoms with Gasteiger partial charge in [0.1, 0.15) is 18.0 Å². The van der Waals surface area contributed by atoms with E-state index in [2.05, 4.69) is 6.58 Å². The summed E-state index contributed by atoms with van der Waals surface area (Å²) < 4.78 is 16.7. The van der Waals surface area contributed by atoms with Gasteiger partial charge in [0, 0.05) is 16.7 Å². The molecule has 0 atom stereocenters. The number of ether oxygens (including phenoxy) is 2. The molecule has 0 fully saturated rings. The number of methoxy groups -OCH3 is 1. The van der Waals surface area contributed by atoms with Crippen LogP contribution in [0.2, 0.25) is 5.02 Å². The summed E-state index contributed by atoms with van der Waals surface area (Å²) in [5, 5.41) is 0.940. The molecule has 0 unspecified atom stereocenters. The lowest BCUT2D eigenvalue weighted by Gasteiger charge is -2.11. The molecule has 0 bridgehead atoms. The monoisotopic (exact) mass is 342 g/mol. The molecule has 3 aromatic rings. The Morgan fingerprint density at radius 3 is 2.75 bits per heavy atom. The first-order valence-electron chi connectivity index (χ1n) is 7.28. The lowest BCUT2D eigenvalue weighted by molar-refractivity contribution is 0.326. The molecule has 1 aromatic heterocycles. The predicted molar refractivity (Wildman–Crippen MR) is 95.2 cm³/mol. The van der Waals surface area contributed by atoms with Crippen LogP contribution in [0.25, 0.3) is 22.3 Å². The second-order valence-corrected chi connectivity index (χ2v) is 5.52. The predicted octanol–water partition coefficient (Wildman–Crippen LogP) is 4.69.